The summed E-state index contributed by atoms with van der Waals surface area (Å²) in [4.78, 5) is 11.2. The van der Waals surface area contributed by atoms with E-state index in [2.05, 4.69) is 0 Å². The zero-order valence-electron chi connectivity index (χ0n) is 16.6. The fraction of sp³-hybridized carbons (Fsp3) is 0.238. The van der Waals surface area contributed by atoms with Crippen LogP contribution in [0.15, 0.2) is 40.8 Å². The number of aliphatic hydroxyl groups excluding tert-OH is 3. The first kappa shape index (κ1) is 22.4. The topological polar surface area (TPSA) is 209 Å². The van der Waals surface area contributed by atoms with Gasteiger partial charge in [-0.3, -0.25) is 0 Å². The van der Waals surface area contributed by atoms with E-state index in [9.17, 15) is 40.5 Å². The van der Waals surface area contributed by atoms with Gasteiger partial charge in [0.15, 0.2) is 17.6 Å². The minimum Gasteiger partial charge on any atom is -0.507 e. The molecule has 12 nitrogen and oxygen atoms in total. The van der Waals surface area contributed by atoms with Crippen LogP contribution in [0.3, 0.4) is 0 Å². The Labute approximate surface area is 184 Å². The number of carboxylic acids is 1. The standard InChI is InChI=1S/C21H18O12/c22-10-2-1-7(3-12(10)24)18-13(25)6-9-11(23)4-8(5-14(9)32-18)31-21-17(28)15(26)16(27)19(33-21)20(29)30/h1-6,15-17,19,21,26-28H,(H4-,22,23,24,25,29,30)/p+1. The molecule has 2 aromatic carbocycles. The van der Waals surface area contributed by atoms with Crippen molar-refractivity contribution in [2.45, 2.75) is 30.7 Å². The Balaban J connectivity index is 1.71. The maximum absolute atomic E-state index is 11.2. The van der Waals surface area contributed by atoms with Gasteiger partial charge in [0.05, 0.1) is 11.6 Å². The molecular formula is C21H19O12+. The number of carboxylic acid groups (broad SMARTS) is 1. The zero-order chi connectivity index (χ0) is 24.0. The van der Waals surface area contributed by atoms with Gasteiger partial charge in [-0.05, 0) is 12.1 Å². The third-order valence-corrected chi connectivity index (χ3v) is 5.12. The molecule has 1 aromatic heterocycles. The predicted molar refractivity (Wildman–Crippen MR) is 108 cm³/mol. The number of rotatable bonds is 4. The Bertz CT molecular complexity index is 1230. The zero-order valence-corrected chi connectivity index (χ0v) is 16.6. The van der Waals surface area contributed by atoms with E-state index in [-0.39, 0.29) is 39.5 Å². The van der Waals surface area contributed by atoms with Gasteiger partial charge >= 0.3 is 17.3 Å². The number of benzene rings is 2. The molecule has 1 fully saturated rings. The largest absolute Gasteiger partial charge is 0.507 e. The lowest BCUT2D eigenvalue weighted by atomic mass is 9.99. The summed E-state index contributed by atoms with van der Waals surface area (Å²) in [6.45, 7) is 0. The van der Waals surface area contributed by atoms with Gasteiger partial charge < -0.3 is 50.3 Å². The molecule has 1 aliphatic heterocycles. The number of phenolic OH excluding ortho intramolecular Hbond substituents is 3. The van der Waals surface area contributed by atoms with Gasteiger partial charge in [-0.25, -0.2) is 9.21 Å². The summed E-state index contributed by atoms with van der Waals surface area (Å²) in [5.74, 6) is -3.51. The third-order valence-electron chi connectivity index (χ3n) is 5.12. The molecule has 0 spiro atoms. The van der Waals surface area contributed by atoms with Gasteiger partial charge in [0, 0.05) is 18.2 Å². The molecule has 1 saturated heterocycles. The average molecular weight is 463 g/mol. The molecule has 174 valence electrons. The van der Waals surface area contributed by atoms with Crippen LogP contribution >= 0.6 is 0 Å². The van der Waals surface area contributed by atoms with Gasteiger partial charge in [0.1, 0.15) is 35.2 Å². The van der Waals surface area contributed by atoms with Crippen molar-refractivity contribution in [1.82, 2.24) is 0 Å². The van der Waals surface area contributed by atoms with Crippen LogP contribution in [0.2, 0.25) is 0 Å². The third kappa shape index (κ3) is 4.03. The summed E-state index contributed by atoms with van der Waals surface area (Å²) in [5.41, 5.74) is 0.175. The van der Waals surface area contributed by atoms with Crippen LogP contribution in [0.1, 0.15) is 0 Å². The van der Waals surface area contributed by atoms with Crippen LogP contribution in [0.25, 0.3) is 22.3 Å². The molecule has 5 atom stereocenters. The first-order chi connectivity index (χ1) is 15.6. The lowest BCUT2D eigenvalue weighted by Gasteiger charge is -2.38. The SMILES string of the molecule is O=C(O)C1OC(Oc2cc(O)c3cc(O)c(-c4ccc(O)c(O)c4)[o+]c3c2)C(O)C(O)C1O. The lowest BCUT2D eigenvalue weighted by molar-refractivity contribution is -0.271. The van der Waals surface area contributed by atoms with E-state index in [0.29, 0.717) is 0 Å². The van der Waals surface area contributed by atoms with Crippen molar-refractivity contribution in [3.05, 3.63) is 36.4 Å². The van der Waals surface area contributed by atoms with Crippen LogP contribution in [0.5, 0.6) is 28.7 Å². The second-order valence-electron chi connectivity index (χ2n) is 7.37. The van der Waals surface area contributed by atoms with Gasteiger partial charge in [-0.15, -0.1) is 0 Å². The first-order valence-corrected chi connectivity index (χ1v) is 9.51. The molecule has 8 N–H and O–H groups in total. The van der Waals surface area contributed by atoms with E-state index in [0.717, 1.165) is 12.1 Å². The number of aromatic hydroxyl groups is 4. The normalized spacial score (nSPS) is 25.1. The Hall–Kier alpha value is -3.84. The Morgan fingerprint density at radius 2 is 1.58 bits per heavy atom. The van der Waals surface area contributed by atoms with Crippen LogP contribution < -0.4 is 4.74 Å². The molecule has 0 bridgehead atoms. The molecule has 0 amide bonds. The first-order valence-electron chi connectivity index (χ1n) is 9.51. The highest BCUT2D eigenvalue weighted by atomic mass is 16.7. The summed E-state index contributed by atoms with van der Waals surface area (Å²) in [7, 11) is 0. The van der Waals surface area contributed by atoms with E-state index in [4.69, 9.17) is 19.0 Å². The van der Waals surface area contributed by atoms with Crippen molar-refractivity contribution in [2.24, 2.45) is 0 Å². The molecule has 1 aliphatic rings. The molecule has 4 rings (SSSR count). The molecule has 0 radical (unpaired) electrons. The Kier molecular flexibility index (Phi) is 5.59. The second kappa shape index (κ2) is 8.26. The highest BCUT2D eigenvalue weighted by molar-refractivity contribution is 5.88. The molecule has 3 aromatic rings. The van der Waals surface area contributed by atoms with E-state index < -0.39 is 48.2 Å². The summed E-state index contributed by atoms with van der Waals surface area (Å²) in [5, 5.41) is 78.8. The van der Waals surface area contributed by atoms with Crippen molar-refractivity contribution in [2.75, 3.05) is 0 Å². The highest BCUT2D eigenvalue weighted by Gasteiger charge is 2.48. The minimum absolute atomic E-state index is 0.0222. The smallest absolute Gasteiger partial charge is 0.402 e. The number of carbonyl (C=O) groups is 1. The predicted octanol–water partition coefficient (Wildman–Crippen LogP) is 0.474. The number of fused-ring (bicyclic) bond motifs is 1. The fourth-order valence-electron chi connectivity index (χ4n) is 3.40. The molecular weight excluding hydrogens is 444 g/mol. The van der Waals surface area contributed by atoms with Crippen molar-refractivity contribution in [3.63, 3.8) is 0 Å². The Morgan fingerprint density at radius 1 is 0.848 bits per heavy atom. The highest BCUT2D eigenvalue weighted by Crippen LogP contribution is 2.41. The number of aliphatic carboxylic acids is 1. The van der Waals surface area contributed by atoms with Crippen molar-refractivity contribution in [3.8, 4) is 40.1 Å². The molecule has 12 heteroatoms. The lowest BCUT2D eigenvalue weighted by Crippen LogP contribution is -2.61. The quantitative estimate of drug-likeness (QED) is 0.196. The summed E-state index contributed by atoms with van der Waals surface area (Å²) >= 11 is 0. The minimum atomic E-state index is -1.90. The molecule has 0 aliphatic carbocycles. The van der Waals surface area contributed by atoms with Crippen LogP contribution in [-0.4, -0.2) is 77.5 Å². The number of hydrogen-bond donors (Lipinski definition) is 8. The second-order valence-corrected chi connectivity index (χ2v) is 7.37. The maximum Gasteiger partial charge on any atom is 0.402 e. The number of ether oxygens (including phenoxy) is 2. The number of aliphatic hydroxyl groups is 3. The number of phenols is 3. The van der Waals surface area contributed by atoms with E-state index in [1.165, 1.54) is 24.3 Å². The maximum atomic E-state index is 11.2. The summed E-state index contributed by atoms with van der Waals surface area (Å²) in [6.07, 6.45) is -9.19. The summed E-state index contributed by atoms with van der Waals surface area (Å²) < 4.78 is 16.1. The van der Waals surface area contributed by atoms with Crippen LogP contribution in [0, 0.1) is 0 Å². The van der Waals surface area contributed by atoms with Gasteiger partial charge in [0.2, 0.25) is 12.0 Å². The van der Waals surface area contributed by atoms with E-state index in [1.54, 1.807) is 0 Å². The summed E-state index contributed by atoms with van der Waals surface area (Å²) in [6, 6.07) is 7.19. The molecule has 2 heterocycles. The molecule has 5 unspecified atom stereocenters. The number of hydrogen-bond acceptors (Lipinski definition) is 10. The van der Waals surface area contributed by atoms with E-state index >= 15 is 0 Å². The van der Waals surface area contributed by atoms with Gasteiger partial charge in [-0.1, -0.05) is 0 Å². The van der Waals surface area contributed by atoms with E-state index in [1.807, 2.05) is 0 Å². The van der Waals surface area contributed by atoms with Gasteiger partial charge in [-0.2, -0.15) is 0 Å². The Morgan fingerprint density at radius 3 is 2.24 bits per heavy atom. The molecule has 0 saturated carbocycles. The van der Waals surface area contributed by atoms with Crippen molar-refractivity contribution < 1.29 is 59.5 Å². The van der Waals surface area contributed by atoms with Gasteiger partial charge in [0.25, 0.3) is 0 Å². The molecule has 33 heavy (non-hydrogen) atoms. The fourth-order valence-corrected chi connectivity index (χ4v) is 3.40. The average Bonchev–Trinajstić information content (AvgIpc) is 2.76. The van der Waals surface area contributed by atoms with Crippen molar-refractivity contribution >= 4 is 16.9 Å². The van der Waals surface area contributed by atoms with Crippen molar-refractivity contribution in [1.29, 1.82) is 0 Å². The van der Waals surface area contributed by atoms with Crippen LogP contribution in [0.4, 0.5) is 0 Å². The van der Waals surface area contributed by atoms with Crippen LogP contribution in [-0.2, 0) is 9.53 Å². The monoisotopic (exact) mass is 463 g/mol.